The molecule has 1 aromatic heterocycles. The molecule has 1 heterocycles. The average molecular weight is 335 g/mol. The van der Waals surface area contributed by atoms with Gasteiger partial charge in [-0.25, -0.2) is 0 Å². The third kappa shape index (κ3) is 5.42. The number of aromatic nitrogens is 2. The van der Waals surface area contributed by atoms with E-state index in [9.17, 15) is 0 Å². The monoisotopic (exact) mass is 334 g/mol. The Kier molecular flexibility index (Phi) is 6.99. The molecular weight excluding hydrogens is 300 g/mol. The molecular formula is C19H34N4O. The highest BCUT2D eigenvalue weighted by Crippen LogP contribution is 2.38. The van der Waals surface area contributed by atoms with E-state index in [-0.39, 0.29) is 0 Å². The number of hydrogen-bond acceptors (Lipinski definition) is 5. The van der Waals surface area contributed by atoms with Crippen LogP contribution >= 0.6 is 0 Å². The van der Waals surface area contributed by atoms with Gasteiger partial charge in [0.05, 0.1) is 0 Å². The van der Waals surface area contributed by atoms with Crippen LogP contribution in [0.1, 0.15) is 39.0 Å². The van der Waals surface area contributed by atoms with Gasteiger partial charge in [0.25, 0.3) is 0 Å². The number of nitrogens with one attached hydrogen (secondary N) is 1. The van der Waals surface area contributed by atoms with Gasteiger partial charge < -0.3 is 14.6 Å². The first-order valence-electron chi connectivity index (χ1n) is 9.19. The first-order chi connectivity index (χ1) is 11.4. The van der Waals surface area contributed by atoms with Crippen molar-refractivity contribution in [3.05, 3.63) is 23.4 Å². The number of likely N-dealkylation sites (N-methyl/N-ethyl adjacent to an activating group) is 1. The highest BCUT2D eigenvalue weighted by molar-refractivity contribution is 5.14. The van der Waals surface area contributed by atoms with Crippen molar-refractivity contribution >= 4 is 0 Å². The number of rotatable bonds is 8. The molecule has 0 radical (unpaired) electrons. The predicted molar refractivity (Wildman–Crippen MR) is 97.8 cm³/mol. The molecule has 0 spiro atoms. The summed E-state index contributed by atoms with van der Waals surface area (Å²) < 4.78 is 5.59. The van der Waals surface area contributed by atoms with Crippen molar-refractivity contribution in [1.29, 1.82) is 0 Å². The first kappa shape index (κ1) is 19.1. The van der Waals surface area contributed by atoms with E-state index in [1.165, 1.54) is 12.0 Å². The van der Waals surface area contributed by atoms with Gasteiger partial charge in [0, 0.05) is 33.0 Å². The molecule has 0 aromatic carbocycles. The third-order valence-corrected chi connectivity index (χ3v) is 5.19. The van der Waals surface area contributed by atoms with Gasteiger partial charge in [-0.3, -0.25) is 0 Å². The zero-order valence-electron chi connectivity index (χ0n) is 16.2. The van der Waals surface area contributed by atoms with E-state index in [1.807, 2.05) is 6.92 Å². The van der Waals surface area contributed by atoms with Crippen LogP contribution in [0.3, 0.4) is 0 Å². The molecule has 1 N–H and O–H groups in total. The average Bonchev–Trinajstić information content (AvgIpc) is 2.90. The first-order valence-corrected chi connectivity index (χ1v) is 9.19. The summed E-state index contributed by atoms with van der Waals surface area (Å²) in [5.74, 6) is 3.96. The Hall–Kier alpha value is -1.20. The summed E-state index contributed by atoms with van der Waals surface area (Å²) in [6, 6.07) is 0. The largest absolute Gasteiger partial charge is 0.426 e. The van der Waals surface area contributed by atoms with Crippen molar-refractivity contribution in [2.45, 2.75) is 40.5 Å². The summed E-state index contributed by atoms with van der Waals surface area (Å²) >= 11 is 0. The quantitative estimate of drug-likeness (QED) is 0.585. The van der Waals surface area contributed by atoms with Crippen LogP contribution in [0.25, 0.3) is 0 Å². The second kappa shape index (κ2) is 8.77. The van der Waals surface area contributed by atoms with E-state index in [0.29, 0.717) is 29.6 Å². The van der Waals surface area contributed by atoms with Gasteiger partial charge in [0.15, 0.2) is 0 Å². The van der Waals surface area contributed by atoms with E-state index >= 15 is 0 Å². The van der Waals surface area contributed by atoms with Gasteiger partial charge in [0.1, 0.15) is 0 Å². The lowest BCUT2D eigenvalue weighted by molar-refractivity contribution is 0.217. The van der Waals surface area contributed by atoms with Gasteiger partial charge in [0.2, 0.25) is 11.8 Å². The lowest BCUT2D eigenvalue weighted by Gasteiger charge is -2.37. The molecule has 0 unspecified atom stereocenters. The zero-order chi connectivity index (χ0) is 17.7. The second-order valence-corrected chi connectivity index (χ2v) is 7.84. The van der Waals surface area contributed by atoms with E-state index in [2.05, 4.69) is 61.4 Å². The molecule has 3 atom stereocenters. The molecule has 1 aliphatic carbocycles. The molecule has 5 nitrogen and oxygen atoms in total. The minimum atomic E-state index is 0.523. The maximum absolute atomic E-state index is 5.59. The van der Waals surface area contributed by atoms with Gasteiger partial charge in [-0.1, -0.05) is 25.5 Å². The molecule has 136 valence electrons. The third-order valence-electron chi connectivity index (χ3n) is 5.19. The fourth-order valence-electron chi connectivity index (χ4n) is 3.71. The van der Waals surface area contributed by atoms with Crippen molar-refractivity contribution in [2.75, 3.05) is 33.7 Å². The summed E-state index contributed by atoms with van der Waals surface area (Å²) in [6.45, 7) is 12.0. The summed E-state index contributed by atoms with van der Waals surface area (Å²) in [5, 5.41) is 11.8. The van der Waals surface area contributed by atoms with E-state index in [0.717, 1.165) is 31.9 Å². The lowest BCUT2D eigenvalue weighted by Crippen LogP contribution is -2.37. The van der Waals surface area contributed by atoms with Crippen LogP contribution < -0.4 is 5.32 Å². The van der Waals surface area contributed by atoms with Crippen molar-refractivity contribution in [3.8, 4) is 0 Å². The molecule has 5 heteroatoms. The highest BCUT2D eigenvalue weighted by atomic mass is 16.4. The Morgan fingerprint density at radius 3 is 2.62 bits per heavy atom. The maximum atomic E-state index is 5.59. The normalized spacial score (nSPS) is 24.7. The number of nitrogens with zero attached hydrogens (tertiary/aromatic N) is 3. The molecule has 0 fully saturated rings. The Labute approximate surface area is 146 Å². The van der Waals surface area contributed by atoms with Crippen LogP contribution in [0.15, 0.2) is 16.1 Å². The zero-order valence-corrected chi connectivity index (χ0v) is 16.2. The minimum Gasteiger partial charge on any atom is -0.426 e. The van der Waals surface area contributed by atoms with Gasteiger partial charge >= 0.3 is 0 Å². The molecule has 0 aliphatic heterocycles. The molecule has 0 amide bonds. The van der Waals surface area contributed by atoms with Crippen LogP contribution in [-0.2, 0) is 6.42 Å². The molecule has 1 aromatic rings. The van der Waals surface area contributed by atoms with Crippen LogP contribution in [0.4, 0.5) is 0 Å². The second-order valence-electron chi connectivity index (χ2n) is 7.84. The molecule has 1 aliphatic rings. The standard InChI is InChI=1S/C19H34N4O/c1-13(2)18-10-16(11-19-22-21-15(4)24-19)14(3)9-17(18)12-20-7-8-23(5)6/h9,13,16-18,20H,7-8,10-12H2,1-6H3/t16-,17-,18-/m0/s1. The minimum absolute atomic E-state index is 0.523. The predicted octanol–water partition coefficient (Wildman–Crippen LogP) is 2.93. The molecule has 0 saturated carbocycles. The summed E-state index contributed by atoms with van der Waals surface area (Å²) in [6.07, 6.45) is 4.57. The van der Waals surface area contributed by atoms with Crippen LogP contribution in [0.5, 0.6) is 0 Å². The van der Waals surface area contributed by atoms with Gasteiger partial charge in [-0.15, -0.1) is 10.2 Å². The van der Waals surface area contributed by atoms with Gasteiger partial charge in [-0.2, -0.15) is 0 Å². The topological polar surface area (TPSA) is 54.2 Å². The molecule has 24 heavy (non-hydrogen) atoms. The Morgan fingerprint density at radius 2 is 2.04 bits per heavy atom. The van der Waals surface area contributed by atoms with Gasteiger partial charge in [-0.05, 0) is 51.1 Å². The number of aryl methyl sites for hydroxylation is 1. The fourth-order valence-corrected chi connectivity index (χ4v) is 3.71. The van der Waals surface area contributed by atoms with Crippen LogP contribution in [0.2, 0.25) is 0 Å². The van der Waals surface area contributed by atoms with Crippen molar-refractivity contribution in [3.63, 3.8) is 0 Å². The van der Waals surface area contributed by atoms with Crippen LogP contribution in [0, 0.1) is 30.6 Å². The number of hydrogen-bond donors (Lipinski definition) is 1. The van der Waals surface area contributed by atoms with Crippen LogP contribution in [-0.4, -0.2) is 48.8 Å². The lowest BCUT2D eigenvalue weighted by atomic mass is 9.70. The molecule has 2 rings (SSSR count). The molecule has 0 bridgehead atoms. The smallest absolute Gasteiger partial charge is 0.217 e. The van der Waals surface area contributed by atoms with Crippen molar-refractivity contribution in [2.24, 2.45) is 23.7 Å². The Balaban J connectivity index is 1.98. The van der Waals surface area contributed by atoms with E-state index in [4.69, 9.17) is 4.42 Å². The van der Waals surface area contributed by atoms with E-state index in [1.54, 1.807) is 0 Å². The summed E-state index contributed by atoms with van der Waals surface area (Å²) in [7, 11) is 4.24. The van der Waals surface area contributed by atoms with E-state index < -0.39 is 0 Å². The Morgan fingerprint density at radius 1 is 1.29 bits per heavy atom. The number of allylic oxidation sites excluding steroid dienone is 1. The van der Waals surface area contributed by atoms with Crippen molar-refractivity contribution in [1.82, 2.24) is 20.4 Å². The Bertz CT molecular complexity index is 535. The summed E-state index contributed by atoms with van der Waals surface area (Å²) in [5.41, 5.74) is 1.47. The summed E-state index contributed by atoms with van der Waals surface area (Å²) in [4.78, 5) is 2.22. The maximum Gasteiger partial charge on any atom is 0.217 e. The SMILES string of the molecule is CC1=C[C@@H](CNCCN(C)C)[C@H](C(C)C)C[C@H]1Cc1nnc(C)o1. The molecule has 0 saturated heterocycles. The van der Waals surface area contributed by atoms with Crippen molar-refractivity contribution < 1.29 is 4.42 Å². The fraction of sp³-hybridized carbons (Fsp3) is 0.789. The highest BCUT2D eigenvalue weighted by Gasteiger charge is 2.32.